The summed E-state index contributed by atoms with van der Waals surface area (Å²) in [5.41, 5.74) is 1.09. The Morgan fingerprint density at radius 3 is 2.43 bits per heavy atom. The molecule has 0 bridgehead atoms. The van der Waals surface area contributed by atoms with Crippen molar-refractivity contribution in [1.82, 2.24) is 9.80 Å². The van der Waals surface area contributed by atoms with E-state index in [2.05, 4.69) is 9.80 Å². The molecule has 0 atom stereocenters. The van der Waals surface area contributed by atoms with Gasteiger partial charge < -0.3 is 14.5 Å². The van der Waals surface area contributed by atoms with Gasteiger partial charge in [-0.05, 0) is 32.5 Å². The molecule has 0 N–H and O–H groups in total. The minimum Gasteiger partial charge on any atom is -0.381 e. The van der Waals surface area contributed by atoms with Crippen LogP contribution in [0.15, 0.2) is 30.3 Å². The molecule has 0 radical (unpaired) electrons. The second-order valence-corrected chi connectivity index (χ2v) is 5.90. The molecule has 0 aromatic heterocycles. The van der Waals surface area contributed by atoms with Crippen molar-refractivity contribution in [2.75, 3.05) is 40.4 Å². The quantitative estimate of drug-likeness (QED) is 0.801. The third-order valence-electron chi connectivity index (χ3n) is 3.94. The van der Waals surface area contributed by atoms with Crippen molar-refractivity contribution < 1.29 is 9.53 Å². The number of amides is 1. The van der Waals surface area contributed by atoms with E-state index in [1.165, 1.54) is 0 Å². The molecule has 1 saturated heterocycles. The van der Waals surface area contributed by atoms with E-state index in [0.717, 1.165) is 44.7 Å². The smallest absolute Gasteiger partial charge is 0.227 e. The van der Waals surface area contributed by atoms with Crippen LogP contribution in [0.4, 0.5) is 0 Å². The summed E-state index contributed by atoms with van der Waals surface area (Å²) in [4.78, 5) is 16.9. The van der Waals surface area contributed by atoms with Gasteiger partial charge in [0, 0.05) is 32.3 Å². The molecule has 1 aliphatic rings. The van der Waals surface area contributed by atoms with Crippen molar-refractivity contribution in [3.05, 3.63) is 35.9 Å². The van der Waals surface area contributed by atoms with E-state index in [0.29, 0.717) is 12.5 Å². The third kappa shape index (κ3) is 5.14. The molecule has 0 saturated carbocycles. The Labute approximate surface area is 127 Å². The number of carbonyl (C=O) groups excluding carboxylic acids is 1. The molecule has 4 nitrogen and oxygen atoms in total. The van der Waals surface area contributed by atoms with E-state index in [1.807, 2.05) is 44.4 Å². The number of rotatable bonds is 6. The fourth-order valence-electron chi connectivity index (χ4n) is 2.69. The standard InChI is InChI=1S/C17H26N2O2/c1-18(2)10-11-19(16-8-12-21-13-9-16)17(20)14-15-6-4-3-5-7-15/h3-7,16H,8-14H2,1-2H3. The molecule has 0 unspecified atom stereocenters. The van der Waals surface area contributed by atoms with Gasteiger partial charge >= 0.3 is 0 Å². The van der Waals surface area contributed by atoms with Crippen LogP contribution in [0.3, 0.4) is 0 Å². The maximum Gasteiger partial charge on any atom is 0.227 e. The van der Waals surface area contributed by atoms with E-state index in [1.54, 1.807) is 0 Å². The normalized spacial score (nSPS) is 16.1. The van der Waals surface area contributed by atoms with Crippen LogP contribution in [0.2, 0.25) is 0 Å². The minimum atomic E-state index is 0.231. The fourth-order valence-corrected chi connectivity index (χ4v) is 2.69. The Morgan fingerprint density at radius 1 is 1.14 bits per heavy atom. The molecule has 1 aromatic carbocycles. The molecule has 1 heterocycles. The Hall–Kier alpha value is -1.39. The summed E-state index contributed by atoms with van der Waals surface area (Å²) < 4.78 is 5.43. The first-order valence-corrected chi connectivity index (χ1v) is 7.72. The third-order valence-corrected chi connectivity index (χ3v) is 3.94. The summed E-state index contributed by atoms with van der Waals surface area (Å²) in [6.45, 7) is 3.23. The maximum atomic E-state index is 12.7. The number of hydrogen-bond acceptors (Lipinski definition) is 3. The molecule has 116 valence electrons. The van der Waals surface area contributed by atoms with Gasteiger partial charge in [-0.15, -0.1) is 0 Å². The van der Waals surface area contributed by atoms with Gasteiger partial charge in [0.2, 0.25) is 5.91 Å². The van der Waals surface area contributed by atoms with Crippen LogP contribution in [0.25, 0.3) is 0 Å². The Balaban J connectivity index is 2.00. The van der Waals surface area contributed by atoms with Crippen molar-refractivity contribution in [2.45, 2.75) is 25.3 Å². The lowest BCUT2D eigenvalue weighted by molar-refractivity contribution is -0.134. The van der Waals surface area contributed by atoms with Crippen LogP contribution in [0.1, 0.15) is 18.4 Å². The van der Waals surface area contributed by atoms with Crippen molar-refractivity contribution in [3.63, 3.8) is 0 Å². The highest BCUT2D eigenvalue weighted by Crippen LogP contribution is 2.16. The first-order valence-electron chi connectivity index (χ1n) is 7.72. The molecule has 0 aliphatic carbocycles. The van der Waals surface area contributed by atoms with Crippen molar-refractivity contribution in [2.24, 2.45) is 0 Å². The molecule has 2 rings (SSSR count). The summed E-state index contributed by atoms with van der Waals surface area (Å²) in [5.74, 6) is 0.231. The summed E-state index contributed by atoms with van der Waals surface area (Å²) in [5, 5.41) is 0. The van der Waals surface area contributed by atoms with Gasteiger partial charge in [-0.2, -0.15) is 0 Å². The molecular formula is C17H26N2O2. The molecule has 21 heavy (non-hydrogen) atoms. The first-order chi connectivity index (χ1) is 10.2. The monoisotopic (exact) mass is 290 g/mol. The molecular weight excluding hydrogens is 264 g/mol. The second-order valence-electron chi connectivity index (χ2n) is 5.90. The van der Waals surface area contributed by atoms with Gasteiger partial charge in [0.1, 0.15) is 0 Å². The lowest BCUT2D eigenvalue weighted by atomic mass is 10.0. The number of hydrogen-bond donors (Lipinski definition) is 0. The summed E-state index contributed by atoms with van der Waals surface area (Å²) in [7, 11) is 4.09. The molecule has 0 spiro atoms. The number of benzene rings is 1. The first kappa shape index (κ1) is 16.0. The largest absolute Gasteiger partial charge is 0.381 e. The zero-order chi connectivity index (χ0) is 15.1. The van der Waals surface area contributed by atoms with Gasteiger partial charge in [0.15, 0.2) is 0 Å². The number of nitrogens with zero attached hydrogens (tertiary/aromatic N) is 2. The minimum absolute atomic E-state index is 0.231. The van der Waals surface area contributed by atoms with E-state index in [9.17, 15) is 4.79 Å². The zero-order valence-electron chi connectivity index (χ0n) is 13.1. The van der Waals surface area contributed by atoms with Gasteiger partial charge in [-0.3, -0.25) is 4.79 Å². The lowest BCUT2D eigenvalue weighted by Gasteiger charge is -2.35. The highest BCUT2D eigenvalue weighted by molar-refractivity contribution is 5.79. The van der Waals surface area contributed by atoms with Crippen LogP contribution in [0.5, 0.6) is 0 Å². The number of likely N-dealkylation sites (N-methyl/N-ethyl adjacent to an activating group) is 1. The van der Waals surface area contributed by atoms with Crippen LogP contribution >= 0.6 is 0 Å². The molecule has 1 fully saturated rings. The van der Waals surface area contributed by atoms with Crippen LogP contribution in [-0.4, -0.2) is 62.1 Å². The van der Waals surface area contributed by atoms with Gasteiger partial charge in [-0.25, -0.2) is 0 Å². The van der Waals surface area contributed by atoms with E-state index in [-0.39, 0.29) is 5.91 Å². The fraction of sp³-hybridized carbons (Fsp3) is 0.588. The van der Waals surface area contributed by atoms with E-state index >= 15 is 0 Å². The Kier molecular flexibility index (Phi) is 6.21. The van der Waals surface area contributed by atoms with Crippen molar-refractivity contribution in [3.8, 4) is 0 Å². The number of ether oxygens (including phenoxy) is 1. The van der Waals surface area contributed by atoms with E-state index in [4.69, 9.17) is 4.74 Å². The van der Waals surface area contributed by atoms with Crippen LogP contribution < -0.4 is 0 Å². The maximum absolute atomic E-state index is 12.7. The second kappa shape index (κ2) is 8.15. The molecule has 4 heteroatoms. The predicted octanol–water partition coefficient (Wildman–Crippen LogP) is 1.80. The number of carbonyl (C=O) groups is 1. The topological polar surface area (TPSA) is 32.8 Å². The summed E-state index contributed by atoms with van der Waals surface area (Å²) in [6, 6.07) is 10.3. The Morgan fingerprint density at radius 2 is 1.81 bits per heavy atom. The Bertz CT molecular complexity index is 428. The summed E-state index contributed by atoms with van der Waals surface area (Å²) in [6.07, 6.45) is 2.40. The molecule has 1 aliphatic heterocycles. The SMILES string of the molecule is CN(C)CCN(C(=O)Cc1ccccc1)C1CCOCC1. The average Bonchev–Trinajstić information content (AvgIpc) is 2.49. The predicted molar refractivity (Wildman–Crippen MR) is 84.3 cm³/mol. The van der Waals surface area contributed by atoms with Crippen LogP contribution in [-0.2, 0) is 16.0 Å². The highest BCUT2D eigenvalue weighted by atomic mass is 16.5. The van der Waals surface area contributed by atoms with Crippen molar-refractivity contribution in [1.29, 1.82) is 0 Å². The lowest BCUT2D eigenvalue weighted by Crippen LogP contribution is -2.46. The molecule has 1 aromatic rings. The van der Waals surface area contributed by atoms with Gasteiger partial charge in [0.05, 0.1) is 6.42 Å². The van der Waals surface area contributed by atoms with E-state index < -0.39 is 0 Å². The summed E-state index contributed by atoms with van der Waals surface area (Å²) >= 11 is 0. The van der Waals surface area contributed by atoms with Crippen LogP contribution in [0, 0.1) is 0 Å². The average molecular weight is 290 g/mol. The van der Waals surface area contributed by atoms with Gasteiger partial charge in [-0.1, -0.05) is 30.3 Å². The van der Waals surface area contributed by atoms with Crippen molar-refractivity contribution >= 4 is 5.91 Å². The molecule has 1 amide bonds. The van der Waals surface area contributed by atoms with Gasteiger partial charge in [0.25, 0.3) is 0 Å². The zero-order valence-corrected chi connectivity index (χ0v) is 13.1. The highest BCUT2D eigenvalue weighted by Gasteiger charge is 2.25.